The van der Waals surface area contributed by atoms with E-state index in [4.69, 9.17) is 16.3 Å². The number of ether oxygens (including phenoxy) is 1. The fraction of sp³-hybridized carbons (Fsp3) is 0.300. The molecule has 0 unspecified atom stereocenters. The standard InChI is InChI=1S/C30H31ClF3N3O6S3/c1-30(2,19-6-11-25(33)27(14-19)42-3)28-17-35-29(37(28)21-9-7-20(32)8-10-21)44-18-23-24(31)15-22(16-26(23)34)46(40,41)36-12-5-13-43-45(4,38)39/h6-11,14-17,36H,5,12-13,18H2,1-4H3. The summed E-state index contributed by atoms with van der Waals surface area (Å²) in [6.45, 7) is 3.45. The number of methoxy groups -OCH3 is 1. The van der Waals surface area contributed by atoms with Crippen LogP contribution < -0.4 is 9.46 Å². The Bertz CT molecular complexity index is 1910. The molecule has 3 aromatic carbocycles. The second kappa shape index (κ2) is 14.4. The fourth-order valence-corrected chi connectivity index (χ4v) is 7.47. The van der Waals surface area contributed by atoms with Crippen LogP contribution in [0.25, 0.3) is 5.69 Å². The maximum atomic E-state index is 15.3. The first-order chi connectivity index (χ1) is 21.5. The van der Waals surface area contributed by atoms with Gasteiger partial charge in [0.1, 0.15) is 11.6 Å². The highest BCUT2D eigenvalue weighted by molar-refractivity contribution is 7.98. The van der Waals surface area contributed by atoms with E-state index >= 15 is 4.39 Å². The molecule has 9 nitrogen and oxygen atoms in total. The first kappa shape index (κ1) is 35.8. The number of sulfonamides is 1. The molecule has 0 saturated heterocycles. The minimum Gasteiger partial charge on any atom is -0.494 e. The highest BCUT2D eigenvalue weighted by Gasteiger charge is 2.31. The third-order valence-corrected chi connectivity index (χ3v) is 10.4. The van der Waals surface area contributed by atoms with Crippen LogP contribution in [0.5, 0.6) is 5.75 Å². The van der Waals surface area contributed by atoms with Gasteiger partial charge in [-0.25, -0.2) is 31.3 Å². The second-order valence-corrected chi connectivity index (χ2v) is 15.4. The number of hydrogen-bond donors (Lipinski definition) is 1. The Morgan fingerprint density at radius 3 is 2.33 bits per heavy atom. The Hall–Kier alpha value is -3.08. The molecule has 0 saturated carbocycles. The second-order valence-electron chi connectivity index (χ2n) is 10.6. The van der Waals surface area contributed by atoms with Gasteiger partial charge in [-0.1, -0.05) is 43.3 Å². The van der Waals surface area contributed by atoms with E-state index in [-0.39, 0.29) is 41.7 Å². The van der Waals surface area contributed by atoms with Gasteiger partial charge in [0.25, 0.3) is 10.1 Å². The van der Waals surface area contributed by atoms with Gasteiger partial charge < -0.3 is 4.74 Å². The lowest BCUT2D eigenvalue weighted by molar-refractivity contribution is 0.316. The lowest BCUT2D eigenvalue weighted by atomic mass is 9.81. The summed E-state index contributed by atoms with van der Waals surface area (Å²) in [6.07, 6.45) is 2.57. The van der Waals surface area contributed by atoms with Crippen LogP contribution in [0.3, 0.4) is 0 Å². The molecule has 4 aromatic rings. The van der Waals surface area contributed by atoms with E-state index in [1.807, 2.05) is 13.8 Å². The van der Waals surface area contributed by atoms with Gasteiger partial charge in [-0.3, -0.25) is 8.75 Å². The number of halogens is 4. The number of benzene rings is 3. The van der Waals surface area contributed by atoms with Crippen molar-refractivity contribution in [3.8, 4) is 11.4 Å². The Labute approximate surface area is 275 Å². The van der Waals surface area contributed by atoms with Crippen LogP contribution in [0, 0.1) is 17.5 Å². The molecular weight excluding hydrogens is 687 g/mol. The maximum Gasteiger partial charge on any atom is 0.264 e. The molecule has 0 aliphatic rings. The molecule has 4 rings (SSSR count). The fourth-order valence-electron chi connectivity index (χ4n) is 4.50. The summed E-state index contributed by atoms with van der Waals surface area (Å²) in [4.78, 5) is 4.17. The number of nitrogens with zero attached hydrogens (tertiary/aromatic N) is 2. The average molecular weight is 718 g/mol. The van der Waals surface area contributed by atoms with Crippen molar-refractivity contribution >= 4 is 43.5 Å². The van der Waals surface area contributed by atoms with Crippen molar-refractivity contribution in [1.29, 1.82) is 0 Å². The van der Waals surface area contributed by atoms with Crippen molar-refractivity contribution in [3.63, 3.8) is 0 Å². The minimum absolute atomic E-state index is 0.0323. The SMILES string of the molecule is COc1cc(C(C)(C)c2cnc(SCc3c(F)cc(S(=O)(=O)NCCCOS(C)(=O)=O)cc3Cl)n2-c2ccc(F)cc2)ccc1F. The van der Waals surface area contributed by atoms with E-state index in [0.29, 0.717) is 22.1 Å². The zero-order valence-corrected chi connectivity index (χ0v) is 28.4. The van der Waals surface area contributed by atoms with Crippen LogP contribution in [-0.4, -0.2) is 52.9 Å². The molecule has 0 bridgehead atoms. The summed E-state index contributed by atoms with van der Waals surface area (Å²) in [5, 5.41) is 0.279. The molecule has 0 amide bonds. The molecule has 46 heavy (non-hydrogen) atoms. The van der Waals surface area contributed by atoms with E-state index in [1.54, 1.807) is 35.0 Å². The number of hydrogen-bond acceptors (Lipinski definition) is 8. The van der Waals surface area contributed by atoms with Gasteiger partial charge in [0, 0.05) is 34.0 Å². The summed E-state index contributed by atoms with van der Waals surface area (Å²) in [5.41, 5.74) is 1.22. The first-order valence-electron chi connectivity index (χ1n) is 13.7. The molecule has 0 atom stereocenters. The lowest BCUT2D eigenvalue weighted by Crippen LogP contribution is -2.26. The van der Waals surface area contributed by atoms with Crippen molar-refractivity contribution in [1.82, 2.24) is 14.3 Å². The summed E-state index contributed by atoms with van der Waals surface area (Å²) in [6, 6.07) is 12.2. The zero-order valence-electron chi connectivity index (χ0n) is 25.2. The molecule has 0 radical (unpaired) electrons. The number of imidazole rings is 1. The number of rotatable bonds is 14. The van der Waals surface area contributed by atoms with E-state index in [2.05, 4.69) is 13.9 Å². The largest absolute Gasteiger partial charge is 0.494 e. The predicted molar refractivity (Wildman–Crippen MR) is 170 cm³/mol. The Morgan fingerprint density at radius 1 is 1.00 bits per heavy atom. The van der Waals surface area contributed by atoms with Gasteiger partial charge in [0.2, 0.25) is 10.0 Å². The van der Waals surface area contributed by atoms with Gasteiger partial charge in [0.05, 0.1) is 36.8 Å². The highest BCUT2D eigenvalue weighted by atomic mass is 35.5. The van der Waals surface area contributed by atoms with Gasteiger partial charge in [-0.2, -0.15) is 8.42 Å². The normalized spacial score (nSPS) is 12.4. The minimum atomic E-state index is -4.16. The molecule has 0 spiro atoms. The third kappa shape index (κ3) is 8.44. The molecule has 1 N–H and O–H groups in total. The van der Waals surface area contributed by atoms with Crippen molar-refractivity contribution < 1.29 is 38.9 Å². The Balaban J connectivity index is 1.61. The first-order valence-corrected chi connectivity index (χ1v) is 18.3. The highest BCUT2D eigenvalue weighted by Crippen LogP contribution is 2.39. The number of thioether (sulfide) groups is 1. The summed E-state index contributed by atoms with van der Waals surface area (Å²) < 4.78 is 105. The van der Waals surface area contributed by atoms with Crippen LogP contribution >= 0.6 is 23.4 Å². The zero-order chi connectivity index (χ0) is 33.9. The smallest absolute Gasteiger partial charge is 0.264 e. The van der Waals surface area contributed by atoms with Crippen LogP contribution in [0.1, 0.15) is 37.1 Å². The van der Waals surface area contributed by atoms with Crippen LogP contribution in [-0.2, 0) is 35.5 Å². The van der Waals surface area contributed by atoms with Crippen molar-refractivity contribution in [2.75, 3.05) is 26.5 Å². The van der Waals surface area contributed by atoms with E-state index < -0.39 is 47.9 Å². The van der Waals surface area contributed by atoms with Crippen molar-refractivity contribution in [2.24, 2.45) is 0 Å². The van der Waals surface area contributed by atoms with E-state index in [9.17, 15) is 25.6 Å². The van der Waals surface area contributed by atoms with Gasteiger partial charge in [0.15, 0.2) is 16.7 Å². The number of aromatic nitrogens is 2. The molecule has 1 heterocycles. The quantitative estimate of drug-likeness (QED) is 0.0930. The number of nitrogens with one attached hydrogen (secondary N) is 1. The Kier molecular flexibility index (Phi) is 11.2. The molecule has 0 fully saturated rings. The van der Waals surface area contributed by atoms with Crippen LogP contribution in [0.4, 0.5) is 13.2 Å². The molecule has 16 heteroatoms. The summed E-state index contributed by atoms with van der Waals surface area (Å²) >= 11 is 7.50. The Morgan fingerprint density at radius 2 is 1.70 bits per heavy atom. The van der Waals surface area contributed by atoms with Gasteiger partial charge in [-0.05, 0) is 60.5 Å². The van der Waals surface area contributed by atoms with Crippen molar-refractivity contribution in [2.45, 2.75) is 41.5 Å². The topological polar surface area (TPSA) is 117 Å². The summed E-state index contributed by atoms with van der Waals surface area (Å²) in [7, 11) is -6.46. The van der Waals surface area contributed by atoms with E-state index in [1.165, 1.54) is 25.3 Å². The molecule has 0 aliphatic heterocycles. The summed E-state index contributed by atoms with van der Waals surface area (Å²) in [5.74, 6) is -1.79. The van der Waals surface area contributed by atoms with Gasteiger partial charge in [-0.15, -0.1) is 0 Å². The molecule has 0 aliphatic carbocycles. The monoisotopic (exact) mass is 717 g/mol. The van der Waals surface area contributed by atoms with Crippen molar-refractivity contribution in [3.05, 3.63) is 100 Å². The van der Waals surface area contributed by atoms with Gasteiger partial charge >= 0.3 is 0 Å². The molecule has 1 aromatic heterocycles. The molecular formula is C30H31ClF3N3O6S3. The maximum absolute atomic E-state index is 15.3. The van der Waals surface area contributed by atoms with E-state index in [0.717, 1.165) is 30.2 Å². The van der Waals surface area contributed by atoms with Crippen LogP contribution in [0.2, 0.25) is 5.02 Å². The lowest BCUT2D eigenvalue weighted by Gasteiger charge is -2.28. The average Bonchev–Trinajstić information content (AvgIpc) is 3.41. The third-order valence-electron chi connectivity index (χ3n) is 7.01. The molecule has 248 valence electrons. The predicted octanol–water partition coefficient (Wildman–Crippen LogP) is 6.21. The van der Waals surface area contributed by atoms with Crippen LogP contribution in [0.15, 0.2) is 70.8 Å².